The smallest absolute Gasteiger partial charge is 0.243 e. The van der Waals surface area contributed by atoms with E-state index in [2.05, 4.69) is 107 Å². The average molecular weight is 543 g/mol. The van der Waals surface area contributed by atoms with Crippen LogP contribution in [0.2, 0.25) is 0 Å². The molecule has 1 aromatic heterocycles. The fourth-order valence-corrected chi connectivity index (χ4v) is 8.15. The van der Waals surface area contributed by atoms with E-state index in [9.17, 15) is 8.42 Å². The Morgan fingerprint density at radius 3 is 1.95 bits per heavy atom. The van der Waals surface area contributed by atoms with Gasteiger partial charge in [-0.2, -0.15) is 4.31 Å². The predicted molar refractivity (Wildman–Crippen MR) is 163 cm³/mol. The Morgan fingerprint density at radius 1 is 0.769 bits per heavy atom. The molecule has 5 heteroatoms. The molecule has 0 aliphatic carbocycles. The van der Waals surface area contributed by atoms with Crippen molar-refractivity contribution >= 4 is 20.9 Å². The zero-order valence-corrected chi connectivity index (χ0v) is 25.0. The Bertz CT molecular complexity index is 1530. The van der Waals surface area contributed by atoms with E-state index in [1.165, 1.54) is 27.6 Å². The molecule has 3 aromatic carbocycles. The number of aromatic nitrogens is 1. The Labute approximate surface area is 234 Å². The maximum absolute atomic E-state index is 14.2. The highest BCUT2D eigenvalue weighted by atomic mass is 32.2. The molecule has 1 aliphatic rings. The number of benzene rings is 3. The maximum Gasteiger partial charge on any atom is 0.243 e. The summed E-state index contributed by atoms with van der Waals surface area (Å²) in [6.07, 6.45) is 3.77. The van der Waals surface area contributed by atoms with Crippen molar-refractivity contribution in [3.05, 3.63) is 89.1 Å². The van der Waals surface area contributed by atoms with Crippen LogP contribution >= 0.6 is 0 Å². The molecule has 0 unspecified atom stereocenters. The van der Waals surface area contributed by atoms with Gasteiger partial charge >= 0.3 is 0 Å². The molecule has 0 amide bonds. The van der Waals surface area contributed by atoms with Crippen molar-refractivity contribution in [3.63, 3.8) is 0 Å². The molecule has 0 saturated carbocycles. The summed E-state index contributed by atoms with van der Waals surface area (Å²) in [7, 11) is -3.61. The van der Waals surface area contributed by atoms with E-state index in [1.54, 1.807) is 4.31 Å². The molecule has 206 valence electrons. The molecule has 0 spiro atoms. The van der Waals surface area contributed by atoms with E-state index < -0.39 is 10.0 Å². The van der Waals surface area contributed by atoms with E-state index in [-0.39, 0.29) is 11.8 Å². The quantitative estimate of drug-likeness (QED) is 0.254. The summed E-state index contributed by atoms with van der Waals surface area (Å²) in [6.45, 7) is 13.9. The lowest BCUT2D eigenvalue weighted by Gasteiger charge is -2.33. The molecule has 0 bridgehead atoms. The second-order valence-electron chi connectivity index (χ2n) is 12.0. The molecule has 1 saturated heterocycles. The van der Waals surface area contributed by atoms with Gasteiger partial charge in [0.15, 0.2) is 0 Å². The van der Waals surface area contributed by atoms with Crippen molar-refractivity contribution in [2.24, 2.45) is 0 Å². The molecule has 5 rings (SSSR count). The third-order valence-electron chi connectivity index (χ3n) is 8.39. The minimum Gasteiger partial charge on any atom is -0.361 e. The van der Waals surface area contributed by atoms with Crippen molar-refractivity contribution in [1.82, 2.24) is 9.29 Å². The molecule has 0 atom stereocenters. The van der Waals surface area contributed by atoms with Crippen LogP contribution in [0.1, 0.15) is 100 Å². The minimum atomic E-state index is -3.61. The van der Waals surface area contributed by atoms with Gasteiger partial charge in [0.1, 0.15) is 0 Å². The zero-order valence-electron chi connectivity index (χ0n) is 24.2. The number of piperidine rings is 1. The van der Waals surface area contributed by atoms with Gasteiger partial charge < -0.3 is 4.98 Å². The molecule has 0 radical (unpaired) electrons. The molecule has 39 heavy (non-hydrogen) atoms. The monoisotopic (exact) mass is 542 g/mol. The molecule has 4 aromatic rings. The number of nitrogens with zero attached hydrogens (tertiary/aromatic N) is 1. The second-order valence-corrected chi connectivity index (χ2v) is 13.9. The summed E-state index contributed by atoms with van der Waals surface area (Å²) in [6, 6.07) is 21.3. The van der Waals surface area contributed by atoms with Gasteiger partial charge in [-0.15, -0.1) is 0 Å². The van der Waals surface area contributed by atoms with Crippen LogP contribution in [-0.2, 0) is 10.0 Å². The molecule has 1 N–H and O–H groups in total. The first-order chi connectivity index (χ1) is 18.6. The lowest BCUT2D eigenvalue weighted by molar-refractivity contribution is 0.319. The van der Waals surface area contributed by atoms with Gasteiger partial charge in [-0.05, 0) is 82.0 Å². The van der Waals surface area contributed by atoms with Crippen LogP contribution in [0, 0.1) is 0 Å². The standard InChI is InChI=1S/C34H42N2O2S/c1-22(2)28-19-29(23(3)4)34(30(20-28)24(5)6)39(37,38)36-16-14-26(15-17-36)32-21-35-33-13-12-27(18-31(32)33)25-10-8-7-9-11-25/h7-13,18-24,26,35H,14-17H2,1-6H3. The molecular weight excluding hydrogens is 500 g/mol. The number of rotatable bonds is 7. The topological polar surface area (TPSA) is 53.2 Å². The first kappa shape index (κ1) is 27.7. The molecule has 4 nitrogen and oxygen atoms in total. The van der Waals surface area contributed by atoms with Crippen LogP contribution in [0.15, 0.2) is 71.8 Å². The van der Waals surface area contributed by atoms with Gasteiger partial charge in [-0.1, -0.05) is 90.1 Å². The summed E-state index contributed by atoms with van der Waals surface area (Å²) in [5.41, 5.74) is 7.97. The SMILES string of the molecule is CC(C)c1cc(C(C)C)c(S(=O)(=O)N2CCC(c3c[nH]c4ccc(-c5ccccc5)cc34)CC2)c(C(C)C)c1. The van der Waals surface area contributed by atoms with Crippen LogP contribution in [0.5, 0.6) is 0 Å². The highest BCUT2D eigenvalue weighted by molar-refractivity contribution is 7.89. The van der Waals surface area contributed by atoms with Gasteiger partial charge in [0.25, 0.3) is 0 Å². The number of aromatic amines is 1. The van der Waals surface area contributed by atoms with E-state index in [4.69, 9.17) is 0 Å². The molecule has 1 fully saturated rings. The van der Waals surface area contributed by atoms with Crippen molar-refractivity contribution in [2.75, 3.05) is 13.1 Å². The lowest BCUT2D eigenvalue weighted by Crippen LogP contribution is -2.39. The number of hydrogen-bond donors (Lipinski definition) is 1. The highest BCUT2D eigenvalue weighted by Crippen LogP contribution is 2.40. The largest absolute Gasteiger partial charge is 0.361 e. The molecule has 2 heterocycles. The third kappa shape index (κ3) is 5.31. The van der Waals surface area contributed by atoms with Gasteiger partial charge in [-0.25, -0.2) is 8.42 Å². The van der Waals surface area contributed by atoms with Gasteiger partial charge in [0.2, 0.25) is 10.0 Å². The third-order valence-corrected chi connectivity index (χ3v) is 10.4. The Kier molecular flexibility index (Phi) is 7.76. The van der Waals surface area contributed by atoms with E-state index in [0.29, 0.717) is 29.8 Å². The Morgan fingerprint density at radius 2 is 1.38 bits per heavy atom. The van der Waals surface area contributed by atoms with Crippen LogP contribution in [0.25, 0.3) is 22.0 Å². The van der Waals surface area contributed by atoms with Gasteiger partial charge in [-0.3, -0.25) is 0 Å². The average Bonchev–Trinajstić information content (AvgIpc) is 3.36. The number of hydrogen-bond acceptors (Lipinski definition) is 2. The van der Waals surface area contributed by atoms with Crippen molar-refractivity contribution in [2.45, 2.75) is 83.0 Å². The number of nitrogens with one attached hydrogen (secondary N) is 1. The van der Waals surface area contributed by atoms with Gasteiger partial charge in [0.05, 0.1) is 4.90 Å². The van der Waals surface area contributed by atoms with E-state index in [1.807, 2.05) is 6.07 Å². The summed E-state index contributed by atoms with van der Waals surface area (Å²) < 4.78 is 30.2. The van der Waals surface area contributed by atoms with Crippen LogP contribution in [0.4, 0.5) is 0 Å². The number of fused-ring (bicyclic) bond motifs is 1. The summed E-state index contributed by atoms with van der Waals surface area (Å²) in [5, 5.41) is 1.24. The van der Waals surface area contributed by atoms with Gasteiger partial charge in [0, 0.05) is 30.2 Å². The maximum atomic E-state index is 14.2. The summed E-state index contributed by atoms with van der Waals surface area (Å²) in [4.78, 5) is 4.00. The van der Waals surface area contributed by atoms with Crippen molar-refractivity contribution in [1.29, 1.82) is 0 Å². The summed E-state index contributed by atoms with van der Waals surface area (Å²) >= 11 is 0. The highest BCUT2D eigenvalue weighted by Gasteiger charge is 2.35. The molecule has 1 aliphatic heterocycles. The van der Waals surface area contributed by atoms with E-state index >= 15 is 0 Å². The number of H-pyrrole nitrogens is 1. The fourth-order valence-electron chi connectivity index (χ4n) is 6.01. The Hall–Kier alpha value is -2.89. The minimum absolute atomic E-state index is 0.133. The van der Waals surface area contributed by atoms with Crippen molar-refractivity contribution < 1.29 is 8.42 Å². The zero-order chi connectivity index (χ0) is 27.9. The van der Waals surface area contributed by atoms with Crippen molar-refractivity contribution in [3.8, 4) is 11.1 Å². The first-order valence-corrected chi connectivity index (χ1v) is 15.9. The molecular formula is C34H42N2O2S. The number of sulfonamides is 1. The van der Waals surface area contributed by atoms with Crippen LogP contribution in [-0.4, -0.2) is 30.8 Å². The Balaban J connectivity index is 1.44. The van der Waals surface area contributed by atoms with E-state index in [0.717, 1.165) is 29.5 Å². The first-order valence-electron chi connectivity index (χ1n) is 14.4. The summed E-state index contributed by atoms with van der Waals surface area (Å²) in [5.74, 6) is 0.946. The second kappa shape index (κ2) is 10.9. The van der Waals surface area contributed by atoms with Crippen LogP contribution in [0.3, 0.4) is 0 Å². The normalized spacial score (nSPS) is 15.7. The predicted octanol–water partition coefficient (Wildman–Crippen LogP) is 8.77. The van der Waals surface area contributed by atoms with Crippen LogP contribution < -0.4 is 0 Å². The lowest BCUT2D eigenvalue weighted by atomic mass is 9.89. The fraction of sp³-hybridized carbons (Fsp3) is 0.412.